The number of esters is 1. The number of hydrogen-bond donors (Lipinski definition) is 1. The smallest absolute Gasteiger partial charge is 0.303 e. The van der Waals surface area contributed by atoms with E-state index in [9.17, 15) is 14.7 Å². The Bertz CT molecular complexity index is 820. The fraction of sp³-hybridized carbons (Fsp3) is 0.579. The van der Waals surface area contributed by atoms with Gasteiger partial charge in [0, 0.05) is 18.9 Å². The lowest BCUT2D eigenvalue weighted by Crippen LogP contribution is -2.77. The molecular weight excluding hydrogens is 322 g/mol. The van der Waals surface area contributed by atoms with Crippen molar-refractivity contribution in [2.24, 2.45) is 0 Å². The summed E-state index contributed by atoms with van der Waals surface area (Å²) in [4.78, 5) is 27.1. The van der Waals surface area contributed by atoms with Crippen molar-refractivity contribution in [2.45, 2.75) is 55.8 Å². The lowest BCUT2D eigenvalue weighted by Gasteiger charge is -2.63. The summed E-state index contributed by atoms with van der Waals surface area (Å²) in [5.74, 6) is 0.182. The van der Waals surface area contributed by atoms with Gasteiger partial charge < -0.3 is 14.6 Å². The van der Waals surface area contributed by atoms with Crippen molar-refractivity contribution in [3.8, 4) is 11.5 Å². The summed E-state index contributed by atoms with van der Waals surface area (Å²) in [6, 6.07) is 3.57. The van der Waals surface area contributed by atoms with Crippen LogP contribution in [0, 0.1) is 0 Å². The fourth-order valence-electron chi connectivity index (χ4n) is 5.97. The molecule has 2 bridgehead atoms. The van der Waals surface area contributed by atoms with Gasteiger partial charge in [-0.25, -0.2) is 0 Å². The first-order valence-electron chi connectivity index (χ1n) is 8.85. The van der Waals surface area contributed by atoms with Crippen molar-refractivity contribution in [3.05, 3.63) is 23.3 Å². The summed E-state index contributed by atoms with van der Waals surface area (Å²) in [7, 11) is 2.05. The predicted molar refractivity (Wildman–Crippen MR) is 87.7 cm³/mol. The van der Waals surface area contributed by atoms with E-state index in [-0.39, 0.29) is 23.5 Å². The second-order valence-electron chi connectivity index (χ2n) is 7.82. The Morgan fingerprint density at radius 1 is 1.40 bits per heavy atom. The SMILES string of the molecule is CC(=O)O[C@@]12CCC(=O)[C@@H]3Oc4c(O)ccc5c4[C@@]31CCN(C)[C@@H]2C5. The van der Waals surface area contributed by atoms with E-state index in [2.05, 4.69) is 11.9 Å². The zero-order valence-corrected chi connectivity index (χ0v) is 14.4. The minimum absolute atomic E-state index is 0.00680. The van der Waals surface area contributed by atoms with Gasteiger partial charge >= 0.3 is 5.97 Å². The van der Waals surface area contributed by atoms with Crippen LogP contribution in [0.2, 0.25) is 0 Å². The molecule has 4 aliphatic rings. The van der Waals surface area contributed by atoms with Gasteiger partial charge in [-0.15, -0.1) is 0 Å². The summed E-state index contributed by atoms with van der Waals surface area (Å²) >= 11 is 0. The minimum atomic E-state index is -0.781. The highest BCUT2D eigenvalue weighted by Gasteiger charge is 2.75. The summed E-state index contributed by atoms with van der Waals surface area (Å²) in [6.07, 6.45) is 1.55. The van der Waals surface area contributed by atoms with Crippen LogP contribution in [0.5, 0.6) is 11.5 Å². The highest BCUT2D eigenvalue weighted by molar-refractivity contribution is 5.90. The molecule has 25 heavy (non-hydrogen) atoms. The normalized spacial score (nSPS) is 38.1. The molecule has 1 aromatic rings. The second kappa shape index (κ2) is 4.55. The van der Waals surface area contributed by atoms with Crippen LogP contribution in [-0.4, -0.2) is 53.1 Å². The van der Waals surface area contributed by atoms with Crippen LogP contribution in [0.4, 0.5) is 0 Å². The molecule has 2 aliphatic carbocycles. The molecule has 4 atom stereocenters. The van der Waals surface area contributed by atoms with Gasteiger partial charge in [0.05, 0.1) is 11.5 Å². The molecule has 0 aromatic heterocycles. The van der Waals surface area contributed by atoms with Gasteiger partial charge in [0.15, 0.2) is 23.4 Å². The van der Waals surface area contributed by atoms with Crippen LogP contribution in [0.3, 0.4) is 0 Å². The third-order valence-electron chi connectivity index (χ3n) is 6.81. The number of nitrogens with zero attached hydrogens (tertiary/aromatic N) is 1. The van der Waals surface area contributed by atoms with E-state index in [0.717, 1.165) is 24.1 Å². The number of likely N-dealkylation sites (N-methyl/N-ethyl adjacent to an activating group) is 1. The Hall–Kier alpha value is -2.08. The lowest BCUT2D eigenvalue weighted by atomic mass is 9.49. The molecule has 6 heteroatoms. The molecule has 5 rings (SSSR count). The largest absolute Gasteiger partial charge is 0.504 e. The number of hydrogen-bond acceptors (Lipinski definition) is 6. The number of benzene rings is 1. The molecule has 132 valence electrons. The first kappa shape index (κ1) is 15.2. The Morgan fingerprint density at radius 2 is 2.20 bits per heavy atom. The van der Waals surface area contributed by atoms with Crippen LogP contribution in [0.1, 0.15) is 37.3 Å². The lowest BCUT2D eigenvalue weighted by molar-refractivity contribution is -0.211. The molecule has 1 spiro atoms. The Balaban J connectivity index is 1.86. The number of carbonyl (C=O) groups excluding carboxylic acids is 2. The van der Waals surface area contributed by atoms with Crippen LogP contribution < -0.4 is 4.74 Å². The first-order valence-corrected chi connectivity index (χ1v) is 8.85. The number of aromatic hydroxyl groups is 1. The van der Waals surface area contributed by atoms with Crippen LogP contribution in [0.15, 0.2) is 12.1 Å². The van der Waals surface area contributed by atoms with Gasteiger partial charge in [0.2, 0.25) is 0 Å². The Labute approximate surface area is 145 Å². The number of ether oxygens (including phenoxy) is 2. The third-order valence-corrected chi connectivity index (χ3v) is 6.81. The number of phenols is 1. The summed E-state index contributed by atoms with van der Waals surface area (Å²) in [6.45, 7) is 2.23. The topological polar surface area (TPSA) is 76.1 Å². The number of rotatable bonds is 1. The summed E-state index contributed by atoms with van der Waals surface area (Å²) in [5, 5.41) is 10.4. The standard InChI is InChI=1S/C19H21NO5/c1-10(21)25-19-6-5-13(23)17-18(19)7-8-20(2)14(19)9-11-3-4-12(22)16(24-17)15(11)18/h3-4,14,17,22H,5-9H2,1-2H3/t14-,17+,18+,19-/m1/s1. The van der Waals surface area contributed by atoms with E-state index in [4.69, 9.17) is 9.47 Å². The monoisotopic (exact) mass is 343 g/mol. The van der Waals surface area contributed by atoms with Gasteiger partial charge in [0.25, 0.3) is 0 Å². The average molecular weight is 343 g/mol. The van der Waals surface area contributed by atoms with Crippen LogP contribution >= 0.6 is 0 Å². The maximum absolute atomic E-state index is 12.8. The maximum Gasteiger partial charge on any atom is 0.303 e. The van der Waals surface area contributed by atoms with Gasteiger partial charge in [-0.1, -0.05) is 6.07 Å². The van der Waals surface area contributed by atoms with Gasteiger partial charge in [-0.05, 0) is 44.5 Å². The zero-order chi connectivity index (χ0) is 17.6. The maximum atomic E-state index is 12.8. The molecule has 2 heterocycles. The van der Waals surface area contributed by atoms with E-state index in [0.29, 0.717) is 25.0 Å². The third kappa shape index (κ3) is 1.55. The zero-order valence-electron chi connectivity index (χ0n) is 14.4. The first-order chi connectivity index (χ1) is 11.9. The van der Waals surface area contributed by atoms with Gasteiger partial charge in [0.1, 0.15) is 5.60 Å². The fourth-order valence-corrected chi connectivity index (χ4v) is 5.97. The van der Waals surface area contributed by atoms with Crippen molar-refractivity contribution in [1.82, 2.24) is 4.90 Å². The summed E-state index contributed by atoms with van der Waals surface area (Å²) in [5.41, 5.74) is 0.518. The van der Waals surface area contributed by atoms with E-state index in [1.165, 1.54) is 6.92 Å². The molecule has 0 amide bonds. The molecule has 1 aromatic carbocycles. The van der Waals surface area contributed by atoms with E-state index in [1.54, 1.807) is 6.07 Å². The van der Waals surface area contributed by atoms with E-state index < -0.39 is 17.1 Å². The van der Waals surface area contributed by atoms with Crippen molar-refractivity contribution < 1.29 is 24.2 Å². The molecule has 2 fully saturated rings. The molecule has 0 unspecified atom stereocenters. The number of piperidine rings is 1. The molecule has 1 saturated carbocycles. The Kier molecular flexibility index (Phi) is 2.77. The van der Waals surface area contributed by atoms with Crippen molar-refractivity contribution in [3.63, 3.8) is 0 Å². The van der Waals surface area contributed by atoms with Gasteiger partial charge in [-0.3, -0.25) is 14.5 Å². The number of Topliss-reactive ketones (excluding diaryl/α,β-unsaturated/α-hetero) is 1. The highest BCUT2D eigenvalue weighted by atomic mass is 16.6. The summed E-state index contributed by atoms with van der Waals surface area (Å²) < 4.78 is 12.1. The van der Waals surface area contributed by atoms with Gasteiger partial charge in [-0.2, -0.15) is 0 Å². The van der Waals surface area contributed by atoms with Crippen LogP contribution in [-0.2, 0) is 26.2 Å². The Morgan fingerprint density at radius 3 is 2.96 bits per heavy atom. The number of carbonyl (C=O) groups is 2. The number of phenolic OH excluding ortho intramolecular Hbond substituents is 1. The van der Waals surface area contributed by atoms with Crippen molar-refractivity contribution >= 4 is 11.8 Å². The van der Waals surface area contributed by atoms with E-state index >= 15 is 0 Å². The van der Waals surface area contributed by atoms with Crippen LogP contribution in [0.25, 0.3) is 0 Å². The number of likely N-dealkylation sites (tertiary alicyclic amines) is 1. The molecule has 2 aliphatic heterocycles. The van der Waals surface area contributed by atoms with E-state index in [1.807, 2.05) is 6.07 Å². The predicted octanol–water partition coefficient (Wildman–Crippen LogP) is 1.32. The minimum Gasteiger partial charge on any atom is -0.504 e. The van der Waals surface area contributed by atoms with Crippen molar-refractivity contribution in [2.75, 3.05) is 13.6 Å². The quantitative estimate of drug-likeness (QED) is 0.775. The number of ketones is 1. The molecule has 1 N–H and O–H groups in total. The highest BCUT2D eigenvalue weighted by Crippen LogP contribution is 2.65. The second-order valence-corrected chi connectivity index (χ2v) is 7.82. The molecule has 6 nitrogen and oxygen atoms in total. The molecule has 0 radical (unpaired) electrons. The average Bonchev–Trinajstić information content (AvgIpc) is 2.91. The molecule has 1 saturated heterocycles. The molecular formula is C19H21NO5. The van der Waals surface area contributed by atoms with Crippen molar-refractivity contribution in [1.29, 1.82) is 0 Å².